The van der Waals surface area contributed by atoms with Crippen LogP contribution in [-0.2, 0) is 0 Å². The van der Waals surface area contributed by atoms with Gasteiger partial charge in [0.05, 0.1) is 16.2 Å². The van der Waals surface area contributed by atoms with E-state index in [-0.39, 0.29) is 10.8 Å². The molecule has 8 heteroatoms. The van der Waals surface area contributed by atoms with Gasteiger partial charge in [-0.1, -0.05) is 11.6 Å². The molecule has 1 aromatic carbocycles. The third kappa shape index (κ3) is 3.56. The second-order valence-electron chi connectivity index (χ2n) is 4.20. The molecule has 1 heterocycles. The second kappa shape index (κ2) is 6.19. The van der Waals surface area contributed by atoms with Gasteiger partial charge in [0, 0.05) is 22.3 Å². The third-order valence-electron chi connectivity index (χ3n) is 2.72. The SMILES string of the molecule is Cc1cc(Br)c(NC(=O)c2ccc(Cl)nc2)cc1[N+](=O)[O-]. The number of carbonyl (C=O) groups is 1. The standard InChI is InChI=1S/C13H9BrClN3O3/c1-7-4-9(14)10(5-11(7)18(20)21)17-13(19)8-2-3-12(15)16-6-8/h2-6H,1H3,(H,17,19). The highest BCUT2D eigenvalue weighted by atomic mass is 79.9. The molecule has 0 aliphatic heterocycles. The summed E-state index contributed by atoms with van der Waals surface area (Å²) < 4.78 is 0.556. The molecule has 108 valence electrons. The second-order valence-corrected chi connectivity index (χ2v) is 5.44. The lowest BCUT2D eigenvalue weighted by molar-refractivity contribution is -0.385. The first kappa shape index (κ1) is 15.4. The van der Waals surface area contributed by atoms with Crippen molar-refractivity contribution in [1.82, 2.24) is 4.98 Å². The van der Waals surface area contributed by atoms with E-state index in [0.29, 0.717) is 21.3 Å². The molecule has 0 radical (unpaired) electrons. The maximum Gasteiger partial charge on any atom is 0.274 e. The van der Waals surface area contributed by atoms with Crippen LogP contribution in [0.3, 0.4) is 0 Å². The summed E-state index contributed by atoms with van der Waals surface area (Å²) in [6, 6.07) is 5.89. The number of pyridine rings is 1. The van der Waals surface area contributed by atoms with Crippen molar-refractivity contribution in [2.75, 3.05) is 5.32 Å². The highest BCUT2D eigenvalue weighted by molar-refractivity contribution is 9.10. The van der Waals surface area contributed by atoms with Crippen LogP contribution in [0, 0.1) is 17.0 Å². The van der Waals surface area contributed by atoms with Crippen molar-refractivity contribution in [3.8, 4) is 0 Å². The summed E-state index contributed by atoms with van der Waals surface area (Å²) in [5.74, 6) is -0.432. The van der Waals surface area contributed by atoms with Gasteiger partial charge in [0.15, 0.2) is 0 Å². The Morgan fingerprint density at radius 3 is 2.71 bits per heavy atom. The van der Waals surface area contributed by atoms with Gasteiger partial charge in [-0.2, -0.15) is 0 Å². The number of rotatable bonds is 3. The van der Waals surface area contributed by atoms with Crippen LogP contribution in [0.2, 0.25) is 5.15 Å². The Labute approximate surface area is 133 Å². The predicted molar refractivity (Wildman–Crippen MR) is 82.7 cm³/mol. The highest BCUT2D eigenvalue weighted by Crippen LogP contribution is 2.30. The van der Waals surface area contributed by atoms with Crippen LogP contribution in [0.25, 0.3) is 0 Å². The van der Waals surface area contributed by atoms with Crippen molar-refractivity contribution >= 4 is 44.8 Å². The van der Waals surface area contributed by atoms with Gasteiger partial charge in [-0.3, -0.25) is 14.9 Å². The Kier molecular flexibility index (Phi) is 4.54. The third-order valence-corrected chi connectivity index (χ3v) is 3.60. The van der Waals surface area contributed by atoms with Crippen molar-refractivity contribution in [2.24, 2.45) is 0 Å². The van der Waals surface area contributed by atoms with Gasteiger partial charge in [0.2, 0.25) is 0 Å². The molecular weight excluding hydrogens is 362 g/mol. The van der Waals surface area contributed by atoms with Crippen LogP contribution in [0.4, 0.5) is 11.4 Å². The normalized spacial score (nSPS) is 10.2. The molecule has 0 aliphatic rings. The Morgan fingerprint density at radius 2 is 2.14 bits per heavy atom. The molecule has 0 bridgehead atoms. The highest BCUT2D eigenvalue weighted by Gasteiger charge is 2.16. The fourth-order valence-corrected chi connectivity index (χ4v) is 2.33. The molecule has 1 aromatic heterocycles. The number of nitro benzene ring substituents is 1. The van der Waals surface area contributed by atoms with E-state index >= 15 is 0 Å². The molecular formula is C13H9BrClN3O3. The molecule has 1 N–H and O–H groups in total. The minimum atomic E-state index is -0.499. The van der Waals surface area contributed by atoms with Crippen molar-refractivity contribution < 1.29 is 9.72 Å². The fourth-order valence-electron chi connectivity index (χ4n) is 1.66. The van der Waals surface area contributed by atoms with Gasteiger partial charge < -0.3 is 5.32 Å². The van der Waals surface area contributed by atoms with Gasteiger partial charge in [-0.15, -0.1) is 0 Å². The van der Waals surface area contributed by atoms with Crippen molar-refractivity contribution in [2.45, 2.75) is 6.92 Å². The van der Waals surface area contributed by atoms with E-state index < -0.39 is 10.8 Å². The minimum absolute atomic E-state index is 0.0669. The lowest BCUT2D eigenvalue weighted by Crippen LogP contribution is -2.13. The number of nitro groups is 1. The van der Waals surface area contributed by atoms with Gasteiger partial charge in [-0.25, -0.2) is 4.98 Å². The molecule has 2 rings (SSSR count). The molecule has 1 amide bonds. The summed E-state index contributed by atoms with van der Waals surface area (Å²) >= 11 is 8.92. The van der Waals surface area contributed by atoms with E-state index in [0.717, 1.165) is 0 Å². The molecule has 2 aromatic rings. The van der Waals surface area contributed by atoms with Gasteiger partial charge in [0.25, 0.3) is 11.6 Å². The number of aryl methyl sites for hydroxylation is 1. The van der Waals surface area contributed by atoms with Crippen LogP contribution in [0.5, 0.6) is 0 Å². The zero-order valence-corrected chi connectivity index (χ0v) is 13.1. The van der Waals surface area contributed by atoms with Crippen molar-refractivity contribution in [1.29, 1.82) is 0 Å². The monoisotopic (exact) mass is 369 g/mol. The summed E-state index contributed by atoms with van der Waals surface area (Å²) in [5.41, 5.74) is 1.04. The number of benzene rings is 1. The quantitative estimate of drug-likeness (QED) is 0.503. The molecule has 0 spiro atoms. The number of hydrogen-bond donors (Lipinski definition) is 1. The number of carbonyl (C=O) groups excluding carboxylic acids is 1. The van der Waals surface area contributed by atoms with E-state index in [1.54, 1.807) is 13.0 Å². The number of nitrogens with one attached hydrogen (secondary N) is 1. The van der Waals surface area contributed by atoms with Crippen molar-refractivity contribution in [3.05, 3.63) is 61.3 Å². The lowest BCUT2D eigenvalue weighted by atomic mass is 10.1. The molecule has 0 unspecified atom stereocenters. The van der Waals surface area contributed by atoms with E-state index in [2.05, 4.69) is 26.2 Å². The van der Waals surface area contributed by atoms with Crippen LogP contribution in [0.15, 0.2) is 34.9 Å². The lowest BCUT2D eigenvalue weighted by Gasteiger charge is -2.08. The van der Waals surface area contributed by atoms with Crippen LogP contribution in [0.1, 0.15) is 15.9 Å². The van der Waals surface area contributed by atoms with Gasteiger partial charge in [-0.05, 0) is 41.1 Å². The smallest absolute Gasteiger partial charge is 0.274 e. The van der Waals surface area contributed by atoms with Crippen molar-refractivity contribution in [3.63, 3.8) is 0 Å². The molecule has 6 nitrogen and oxygen atoms in total. The largest absolute Gasteiger partial charge is 0.321 e. The topological polar surface area (TPSA) is 85.1 Å². The Hall–Kier alpha value is -1.99. The van der Waals surface area contributed by atoms with Crippen LogP contribution in [-0.4, -0.2) is 15.8 Å². The first-order chi connectivity index (χ1) is 9.88. The molecule has 21 heavy (non-hydrogen) atoms. The van der Waals surface area contributed by atoms with E-state index in [4.69, 9.17) is 11.6 Å². The first-order valence-corrected chi connectivity index (χ1v) is 6.93. The summed E-state index contributed by atoms with van der Waals surface area (Å²) in [7, 11) is 0. The van der Waals surface area contributed by atoms with Gasteiger partial charge >= 0.3 is 0 Å². The average molecular weight is 371 g/mol. The Bertz CT molecular complexity index is 719. The predicted octanol–water partition coefficient (Wildman–Crippen LogP) is 3.97. The molecule has 0 saturated carbocycles. The maximum absolute atomic E-state index is 12.1. The zero-order chi connectivity index (χ0) is 15.6. The maximum atomic E-state index is 12.1. The molecule has 0 fully saturated rings. The van der Waals surface area contributed by atoms with E-state index in [1.165, 1.54) is 24.4 Å². The summed E-state index contributed by atoms with van der Waals surface area (Å²) in [5, 5.41) is 13.8. The van der Waals surface area contributed by atoms with E-state index in [9.17, 15) is 14.9 Å². The summed E-state index contributed by atoms with van der Waals surface area (Å²) in [4.78, 5) is 26.3. The minimum Gasteiger partial charge on any atom is -0.321 e. The average Bonchev–Trinajstić information content (AvgIpc) is 2.42. The molecule has 0 aliphatic carbocycles. The Morgan fingerprint density at radius 1 is 1.43 bits per heavy atom. The van der Waals surface area contributed by atoms with Crippen LogP contribution >= 0.6 is 27.5 Å². The number of halogens is 2. The first-order valence-electron chi connectivity index (χ1n) is 5.76. The number of amides is 1. The molecule has 0 atom stereocenters. The van der Waals surface area contributed by atoms with E-state index in [1.807, 2.05) is 0 Å². The zero-order valence-electron chi connectivity index (χ0n) is 10.8. The number of hydrogen-bond acceptors (Lipinski definition) is 4. The number of aromatic nitrogens is 1. The number of nitrogens with zero attached hydrogens (tertiary/aromatic N) is 2. The fraction of sp³-hybridized carbons (Fsp3) is 0.0769. The van der Waals surface area contributed by atoms with Gasteiger partial charge in [0.1, 0.15) is 5.15 Å². The molecule has 0 saturated heterocycles. The number of anilines is 1. The Balaban J connectivity index is 2.30. The summed E-state index contributed by atoms with van der Waals surface area (Å²) in [6.07, 6.45) is 1.33. The summed E-state index contributed by atoms with van der Waals surface area (Å²) in [6.45, 7) is 1.62. The van der Waals surface area contributed by atoms with Crippen LogP contribution < -0.4 is 5.32 Å².